The zero-order chi connectivity index (χ0) is 24.7. The maximum absolute atomic E-state index is 13.1. The van der Waals surface area contributed by atoms with Crippen molar-refractivity contribution in [1.29, 1.82) is 0 Å². The second-order valence-corrected chi connectivity index (χ2v) is 9.42. The zero-order valence-corrected chi connectivity index (χ0v) is 20.5. The van der Waals surface area contributed by atoms with Crippen LogP contribution in [0.5, 0.6) is 0 Å². The number of alkyl carbamates (subject to hydrolysis) is 1. The fourth-order valence-corrected chi connectivity index (χ4v) is 4.59. The highest BCUT2D eigenvalue weighted by Gasteiger charge is 2.31. The van der Waals surface area contributed by atoms with E-state index in [1.165, 1.54) is 16.7 Å². The minimum absolute atomic E-state index is 0.0914. The van der Waals surface area contributed by atoms with E-state index in [1.807, 2.05) is 42.7 Å². The van der Waals surface area contributed by atoms with E-state index in [0.717, 1.165) is 22.3 Å². The number of benzene rings is 2. The fourth-order valence-electron chi connectivity index (χ4n) is 4.19. The molecule has 2 amide bonds. The molecule has 0 saturated carbocycles. The lowest BCUT2D eigenvalue weighted by Gasteiger charge is -2.28. The number of carboxylic acids is 1. The largest absolute Gasteiger partial charge is 0.480 e. The smallest absolute Gasteiger partial charge is 0.407 e. The van der Waals surface area contributed by atoms with Crippen molar-refractivity contribution < 1.29 is 24.2 Å². The molecule has 182 valence electrons. The van der Waals surface area contributed by atoms with Gasteiger partial charge >= 0.3 is 12.1 Å². The van der Waals surface area contributed by atoms with Gasteiger partial charge in [-0.2, -0.15) is 11.8 Å². The van der Waals surface area contributed by atoms with Crippen LogP contribution in [0.1, 0.15) is 17.0 Å². The summed E-state index contributed by atoms with van der Waals surface area (Å²) in [5.41, 5.74) is 4.46. The number of carbonyl (C=O) groups excluding carboxylic acids is 2. The van der Waals surface area contributed by atoms with Gasteiger partial charge in [0, 0.05) is 24.8 Å². The van der Waals surface area contributed by atoms with Gasteiger partial charge in [0.25, 0.3) is 0 Å². The third-order valence-electron chi connectivity index (χ3n) is 5.68. The predicted molar refractivity (Wildman–Crippen MR) is 133 cm³/mol. The van der Waals surface area contributed by atoms with Crippen molar-refractivity contribution in [2.45, 2.75) is 12.0 Å². The molecule has 1 aliphatic carbocycles. The number of aliphatic carboxylic acids is 1. The normalized spacial score (nSPS) is 13.2. The minimum Gasteiger partial charge on any atom is -0.480 e. The lowest BCUT2D eigenvalue weighted by Crippen LogP contribution is -2.54. The third kappa shape index (κ3) is 6.30. The Bertz CT molecular complexity index is 984. The molecule has 3 rings (SSSR count). The van der Waals surface area contributed by atoms with Gasteiger partial charge in [-0.3, -0.25) is 9.59 Å². The minimum atomic E-state index is -1.10. The molecule has 0 spiro atoms. The second kappa shape index (κ2) is 11.9. The second-order valence-electron chi connectivity index (χ2n) is 8.43. The molecule has 9 heteroatoms. The Kier molecular flexibility index (Phi) is 8.95. The third-order valence-corrected chi connectivity index (χ3v) is 6.28. The molecule has 0 aliphatic heterocycles. The summed E-state index contributed by atoms with van der Waals surface area (Å²) in [6.07, 6.45) is 1.18. The summed E-state index contributed by atoms with van der Waals surface area (Å²) in [5.74, 6) is -1.04. The molecule has 0 unspecified atom stereocenters. The number of likely N-dealkylation sites (N-methyl/N-ethyl adjacent to an activating group) is 1. The average Bonchev–Trinajstić information content (AvgIpc) is 3.13. The Hall–Kier alpha value is -3.04. The molecule has 2 N–H and O–H groups in total. The number of amides is 2. The Balaban J connectivity index is 1.69. The maximum Gasteiger partial charge on any atom is 0.407 e. The molecule has 0 radical (unpaired) electrons. The summed E-state index contributed by atoms with van der Waals surface area (Å²) in [7, 11) is 3.56. The van der Waals surface area contributed by atoms with Gasteiger partial charge in [0.1, 0.15) is 19.2 Å². The molecule has 0 heterocycles. The molecule has 0 saturated heterocycles. The first-order valence-corrected chi connectivity index (χ1v) is 12.5. The zero-order valence-electron chi connectivity index (χ0n) is 19.7. The van der Waals surface area contributed by atoms with E-state index in [4.69, 9.17) is 4.74 Å². The van der Waals surface area contributed by atoms with Crippen LogP contribution in [0.25, 0.3) is 11.1 Å². The standard InChI is InChI=1S/C25H31N3O5S/c1-27(2)14-22(24(31)28(12-13-34-3)15-23(29)30)26-25(32)33-16-21-19-10-6-4-8-17(19)18-9-5-7-11-20(18)21/h4-11,21-22H,12-16H2,1-3H3,(H,26,32)(H,29,30)/t22-/m0/s1. The van der Waals surface area contributed by atoms with E-state index in [2.05, 4.69) is 17.4 Å². The highest BCUT2D eigenvalue weighted by molar-refractivity contribution is 7.98. The summed E-state index contributed by atoms with van der Waals surface area (Å²) in [6.45, 7) is 0.213. The van der Waals surface area contributed by atoms with Crippen molar-refractivity contribution in [3.63, 3.8) is 0 Å². The Morgan fingerprint density at radius 1 is 1.06 bits per heavy atom. The van der Waals surface area contributed by atoms with Crippen LogP contribution in [-0.4, -0.2) is 91.3 Å². The van der Waals surface area contributed by atoms with Gasteiger partial charge in [0.15, 0.2) is 0 Å². The summed E-state index contributed by atoms with van der Waals surface area (Å²) in [6, 6.07) is 15.2. The van der Waals surface area contributed by atoms with Gasteiger partial charge in [-0.25, -0.2) is 4.79 Å². The molecular weight excluding hydrogens is 454 g/mol. The van der Waals surface area contributed by atoms with Crippen LogP contribution >= 0.6 is 11.8 Å². The number of carbonyl (C=O) groups is 3. The molecule has 34 heavy (non-hydrogen) atoms. The van der Waals surface area contributed by atoms with E-state index >= 15 is 0 Å². The number of nitrogens with zero attached hydrogens (tertiary/aromatic N) is 2. The molecule has 2 aromatic carbocycles. The van der Waals surface area contributed by atoms with Crippen molar-refractivity contribution in [2.75, 3.05) is 52.3 Å². The predicted octanol–water partition coefficient (Wildman–Crippen LogP) is 2.73. The Morgan fingerprint density at radius 2 is 1.65 bits per heavy atom. The average molecular weight is 486 g/mol. The van der Waals surface area contributed by atoms with Crippen LogP contribution in [0, 0.1) is 0 Å². The number of nitrogens with one attached hydrogen (secondary N) is 1. The van der Waals surface area contributed by atoms with E-state index in [-0.39, 0.29) is 25.6 Å². The van der Waals surface area contributed by atoms with E-state index < -0.39 is 30.6 Å². The lowest BCUT2D eigenvalue weighted by atomic mass is 9.98. The fraction of sp³-hybridized carbons (Fsp3) is 0.400. The molecule has 0 bridgehead atoms. The number of rotatable bonds is 11. The van der Waals surface area contributed by atoms with Crippen molar-refractivity contribution in [3.8, 4) is 11.1 Å². The highest BCUT2D eigenvalue weighted by Crippen LogP contribution is 2.44. The number of fused-ring (bicyclic) bond motifs is 3. The number of carboxylic acid groups (broad SMARTS) is 1. The van der Waals surface area contributed by atoms with E-state index in [1.54, 1.807) is 19.0 Å². The number of ether oxygens (including phenoxy) is 1. The van der Waals surface area contributed by atoms with Crippen LogP contribution in [0.2, 0.25) is 0 Å². The molecule has 8 nitrogen and oxygen atoms in total. The van der Waals surface area contributed by atoms with Crippen molar-refractivity contribution in [1.82, 2.24) is 15.1 Å². The van der Waals surface area contributed by atoms with Gasteiger partial charge in [-0.1, -0.05) is 48.5 Å². The van der Waals surface area contributed by atoms with Crippen LogP contribution in [0.3, 0.4) is 0 Å². The van der Waals surface area contributed by atoms with Crippen LogP contribution in [-0.2, 0) is 14.3 Å². The molecule has 0 fully saturated rings. The van der Waals surface area contributed by atoms with Crippen molar-refractivity contribution in [3.05, 3.63) is 59.7 Å². The van der Waals surface area contributed by atoms with Gasteiger partial charge < -0.3 is 25.0 Å². The first kappa shape index (κ1) is 25.6. The summed E-state index contributed by atoms with van der Waals surface area (Å²) in [4.78, 5) is 40.1. The monoisotopic (exact) mass is 485 g/mol. The van der Waals surface area contributed by atoms with Gasteiger partial charge in [0.05, 0.1) is 0 Å². The Labute approximate surface area is 204 Å². The summed E-state index contributed by atoms with van der Waals surface area (Å²) >= 11 is 1.52. The van der Waals surface area contributed by atoms with Crippen LogP contribution < -0.4 is 5.32 Å². The number of hydrogen-bond donors (Lipinski definition) is 2. The van der Waals surface area contributed by atoms with E-state index in [9.17, 15) is 19.5 Å². The SMILES string of the molecule is CSCCN(CC(=O)O)C(=O)[C@H](CN(C)C)NC(=O)OCC1c2ccccc2-c2ccccc21. The number of hydrogen-bond acceptors (Lipinski definition) is 6. The van der Waals surface area contributed by atoms with Gasteiger partial charge in [-0.15, -0.1) is 0 Å². The summed E-state index contributed by atoms with van der Waals surface area (Å²) in [5, 5.41) is 11.9. The molecule has 1 atom stereocenters. The van der Waals surface area contributed by atoms with E-state index in [0.29, 0.717) is 5.75 Å². The van der Waals surface area contributed by atoms with Crippen LogP contribution in [0.4, 0.5) is 4.79 Å². The van der Waals surface area contributed by atoms with Crippen molar-refractivity contribution in [2.24, 2.45) is 0 Å². The first-order chi connectivity index (χ1) is 16.3. The van der Waals surface area contributed by atoms with Gasteiger partial charge in [0.2, 0.25) is 5.91 Å². The molecular formula is C25H31N3O5S. The van der Waals surface area contributed by atoms with Crippen molar-refractivity contribution >= 4 is 29.7 Å². The first-order valence-electron chi connectivity index (χ1n) is 11.1. The topological polar surface area (TPSA) is 99.2 Å². The quantitative estimate of drug-likeness (QED) is 0.505. The number of thioether (sulfide) groups is 1. The summed E-state index contributed by atoms with van der Waals surface area (Å²) < 4.78 is 5.58. The van der Waals surface area contributed by atoms with Crippen LogP contribution in [0.15, 0.2) is 48.5 Å². The Morgan fingerprint density at radius 3 is 2.18 bits per heavy atom. The highest BCUT2D eigenvalue weighted by atomic mass is 32.2. The van der Waals surface area contributed by atoms with Gasteiger partial charge in [-0.05, 0) is 42.6 Å². The molecule has 1 aliphatic rings. The maximum atomic E-state index is 13.1. The molecule has 0 aromatic heterocycles. The lowest BCUT2D eigenvalue weighted by molar-refractivity contribution is -0.145. The molecule has 2 aromatic rings.